The molecule has 4 nitrogen and oxygen atoms in total. The number of nitrogens with two attached hydrogens (primary N) is 1. The Balaban J connectivity index is 2.32. The normalized spacial score (nSPS) is 15.6. The Kier molecular flexibility index (Phi) is 4.43. The van der Waals surface area contributed by atoms with Crippen LogP contribution in [-0.4, -0.2) is 32.4 Å². The number of hydrogen-bond acceptors (Lipinski definition) is 3. The van der Waals surface area contributed by atoms with E-state index in [-0.39, 0.29) is 17.5 Å². The van der Waals surface area contributed by atoms with Crippen LogP contribution in [-0.2, 0) is 10.0 Å². The molecular formula is C14H17FN2O2S. The smallest absolute Gasteiger partial charge is 0.245 e. The number of sulfonamides is 1. The predicted molar refractivity (Wildman–Crippen MR) is 74.9 cm³/mol. The topological polar surface area (TPSA) is 63.4 Å². The van der Waals surface area contributed by atoms with Gasteiger partial charge in [-0.3, -0.25) is 0 Å². The molecule has 0 aliphatic heterocycles. The molecule has 1 aliphatic rings. The lowest BCUT2D eigenvalue weighted by molar-refractivity contribution is 0.249. The van der Waals surface area contributed by atoms with Crippen molar-refractivity contribution in [1.82, 2.24) is 4.31 Å². The first-order valence-corrected chi connectivity index (χ1v) is 7.87. The monoisotopic (exact) mass is 296 g/mol. The van der Waals surface area contributed by atoms with Crippen LogP contribution in [0.15, 0.2) is 23.1 Å². The third-order valence-electron chi connectivity index (χ3n) is 3.51. The standard InChI is InChI=1S/C14H17FN2O2S/c1-17(12-5-2-6-12)20(18,19)14-8-7-11(4-3-9-16)10-13(14)15/h7-8,10,12H,2,5-6,9,16H2,1H3. The molecular weight excluding hydrogens is 279 g/mol. The summed E-state index contributed by atoms with van der Waals surface area (Å²) in [6, 6.07) is 3.87. The Hall–Kier alpha value is -1.42. The minimum atomic E-state index is -3.78. The third kappa shape index (κ3) is 2.85. The van der Waals surface area contributed by atoms with Gasteiger partial charge in [-0.15, -0.1) is 0 Å². The molecule has 108 valence electrons. The maximum atomic E-state index is 14.0. The SMILES string of the molecule is CN(C1CCC1)S(=O)(=O)c1ccc(C#CCN)cc1F. The fourth-order valence-corrected chi connectivity index (χ4v) is 3.50. The average molecular weight is 296 g/mol. The Morgan fingerprint density at radius 3 is 2.65 bits per heavy atom. The van der Waals surface area contributed by atoms with E-state index in [2.05, 4.69) is 11.8 Å². The van der Waals surface area contributed by atoms with Crippen molar-refractivity contribution in [3.05, 3.63) is 29.6 Å². The molecule has 0 aromatic heterocycles. The Labute approximate surface area is 118 Å². The van der Waals surface area contributed by atoms with E-state index in [1.54, 1.807) is 0 Å². The first-order chi connectivity index (χ1) is 9.46. The van der Waals surface area contributed by atoms with E-state index in [4.69, 9.17) is 5.73 Å². The summed E-state index contributed by atoms with van der Waals surface area (Å²) in [5.41, 5.74) is 5.65. The van der Waals surface area contributed by atoms with Crippen LogP contribution in [0.3, 0.4) is 0 Å². The second-order valence-corrected chi connectivity index (χ2v) is 6.72. The van der Waals surface area contributed by atoms with Crippen LogP contribution in [0.2, 0.25) is 0 Å². The van der Waals surface area contributed by atoms with Crippen LogP contribution in [0, 0.1) is 17.7 Å². The van der Waals surface area contributed by atoms with Crippen molar-refractivity contribution < 1.29 is 12.8 Å². The zero-order valence-electron chi connectivity index (χ0n) is 11.3. The van der Waals surface area contributed by atoms with Gasteiger partial charge in [-0.05, 0) is 31.0 Å². The van der Waals surface area contributed by atoms with E-state index in [1.807, 2.05) is 0 Å². The maximum absolute atomic E-state index is 14.0. The summed E-state index contributed by atoms with van der Waals surface area (Å²) < 4.78 is 40.0. The first kappa shape index (κ1) is 15.0. The molecule has 0 unspecified atom stereocenters. The summed E-state index contributed by atoms with van der Waals surface area (Å²) in [4.78, 5) is -0.301. The van der Waals surface area contributed by atoms with Crippen molar-refractivity contribution in [3.8, 4) is 11.8 Å². The van der Waals surface area contributed by atoms with Crippen LogP contribution in [0.1, 0.15) is 24.8 Å². The van der Waals surface area contributed by atoms with Crippen LogP contribution in [0.5, 0.6) is 0 Å². The van der Waals surface area contributed by atoms with Crippen molar-refractivity contribution in [2.24, 2.45) is 5.73 Å². The van der Waals surface area contributed by atoms with Crippen molar-refractivity contribution in [3.63, 3.8) is 0 Å². The van der Waals surface area contributed by atoms with Gasteiger partial charge in [0.15, 0.2) is 0 Å². The molecule has 0 radical (unpaired) electrons. The van der Waals surface area contributed by atoms with Gasteiger partial charge in [-0.1, -0.05) is 18.3 Å². The lowest BCUT2D eigenvalue weighted by atomic mass is 9.94. The van der Waals surface area contributed by atoms with E-state index < -0.39 is 15.8 Å². The van der Waals surface area contributed by atoms with Crippen LogP contribution in [0.25, 0.3) is 0 Å². The molecule has 0 spiro atoms. The lowest BCUT2D eigenvalue weighted by Crippen LogP contribution is -2.41. The fraction of sp³-hybridized carbons (Fsp3) is 0.429. The molecule has 1 saturated carbocycles. The highest BCUT2D eigenvalue weighted by Crippen LogP contribution is 2.29. The largest absolute Gasteiger partial charge is 0.320 e. The van der Waals surface area contributed by atoms with Crippen molar-refractivity contribution in [2.75, 3.05) is 13.6 Å². The highest BCUT2D eigenvalue weighted by Gasteiger charge is 2.33. The van der Waals surface area contributed by atoms with Gasteiger partial charge in [-0.25, -0.2) is 12.8 Å². The summed E-state index contributed by atoms with van der Waals surface area (Å²) in [5.74, 6) is 4.50. The average Bonchev–Trinajstić information content (AvgIpc) is 2.34. The van der Waals surface area contributed by atoms with E-state index in [9.17, 15) is 12.8 Å². The predicted octanol–water partition coefficient (Wildman–Crippen LogP) is 1.31. The lowest BCUT2D eigenvalue weighted by Gasteiger charge is -2.33. The van der Waals surface area contributed by atoms with Gasteiger partial charge in [0.1, 0.15) is 10.7 Å². The summed E-state index contributed by atoms with van der Waals surface area (Å²) in [6.07, 6.45) is 2.68. The van der Waals surface area contributed by atoms with Gasteiger partial charge >= 0.3 is 0 Å². The minimum absolute atomic E-state index is 0.0175. The summed E-state index contributed by atoms with van der Waals surface area (Å²) in [6.45, 7) is 0.173. The third-order valence-corrected chi connectivity index (χ3v) is 5.46. The molecule has 1 fully saturated rings. The van der Waals surface area contributed by atoms with E-state index in [1.165, 1.54) is 23.5 Å². The molecule has 20 heavy (non-hydrogen) atoms. The van der Waals surface area contributed by atoms with Gasteiger partial charge in [0, 0.05) is 18.7 Å². The van der Waals surface area contributed by atoms with Crippen LogP contribution in [0.4, 0.5) is 4.39 Å². The molecule has 2 rings (SSSR count). The molecule has 6 heteroatoms. The number of nitrogens with zero attached hydrogens (tertiary/aromatic N) is 1. The molecule has 1 aliphatic carbocycles. The number of halogens is 1. The van der Waals surface area contributed by atoms with E-state index in [0.29, 0.717) is 5.56 Å². The highest BCUT2D eigenvalue weighted by molar-refractivity contribution is 7.89. The minimum Gasteiger partial charge on any atom is -0.320 e. The van der Waals surface area contributed by atoms with Gasteiger partial charge in [0.05, 0.1) is 6.54 Å². The zero-order chi connectivity index (χ0) is 14.8. The number of hydrogen-bond donors (Lipinski definition) is 1. The van der Waals surface area contributed by atoms with Crippen molar-refractivity contribution in [2.45, 2.75) is 30.2 Å². The second kappa shape index (κ2) is 5.92. The highest BCUT2D eigenvalue weighted by atomic mass is 32.2. The molecule has 0 heterocycles. The fourth-order valence-electron chi connectivity index (χ4n) is 2.04. The maximum Gasteiger partial charge on any atom is 0.245 e. The zero-order valence-corrected chi connectivity index (χ0v) is 12.1. The summed E-state index contributed by atoms with van der Waals surface area (Å²) in [7, 11) is -2.28. The molecule has 0 saturated heterocycles. The molecule has 0 amide bonds. The number of benzene rings is 1. The molecule has 1 aromatic carbocycles. The second-order valence-electron chi connectivity index (χ2n) is 4.76. The molecule has 2 N–H and O–H groups in total. The van der Waals surface area contributed by atoms with Gasteiger partial charge < -0.3 is 5.73 Å². The van der Waals surface area contributed by atoms with Crippen LogP contribution >= 0.6 is 0 Å². The Morgan fingerprint density at radius 2 is 2.15 bits per heavy atom. The number of rotatable bonds is 3. The van der Waals surface area contributed by atoms with Gasteiger partial charge in [0.25, 0.3) is 0 Å². The Morgan fingerprint density at radius 1 is 1.45 bits per heavy atom. The molecule has 0 bridgehead atoms. The molecule has 0 atom stereocenters. The van der Waals surface area contributed by atoms with E-state index >= 15 is 0 Å². The van der Waals surface area contributed by atoms with Crippen molar-refractivity contribution in [1.29, 1.82) is 0 Å². The van der Waals surface area contributed by atoms with Crippen LogP contribution < -0.4 is 5.73 Å². The van der Waals surface area contributed by atoms with E-state index in [0.717, 1.165) is 25.3 Å². The molecule has 1 aromatic rings. The van der Waals surface area contributed by atoms with Gasteiger partial charge in [-0.2, -0.15) is 4.31 Å². The van der Waals surface area contributed by atoms with Gasteiger partial charge in [0.2, 0.25) is 10.0 Å². The summed E-state index contributed by atoms with van der Waals surface area (Å²) in [5, 5.41) is 0. The first-order valence-electron chi connectivity index (χ1n) is 6.43. The quantitative estimate of drug-likeness (QED) is 0.855. The Bertz CT molecular complexity index is 657. The van der Waals surface area contributed by atoms with Crippen molar-refractivity contribution >= 4 is 10.0 Å². The summed E-state index contributed by atoms with van der Waals surface area (Å²) >= 11 is 0.